The van der Waals surface area contributed by atoms with Crippen LogP contribution in [0.1, 0.15) is 25.0 Å². The predicted molar refractivity (Wildman–Crippen MR) is 82.6 cm³/mol. The Morgan fingerprint density at radius 1 is 1.36 bits per heavy atom. The summed E-state index contributed by atoms with van der Waals surface area (Å²) in [4.78, 5) is 20.9. The molecule has 22 heavy (non-hydrogen) atoms. The molecular weight excluding hydrogens is 278 g/mol. The van der Waals surface area contributed by atoms with Gasteiger partial charge in [-0.25, -0.2) is 0 Å². The van der Waals surface area contributed by atoms with Gasteiger partial charge in [0.25, 0.3) is 0 Å². The van der Waals surface area contributed by atoms with E-state index in [9.17, 15) is 4.79 Å². The van der Waals surface area contributed by atoms with E-state index in [1.54, 1.807) is 23.3 Å². The summed E-state index contributed by atoms with van der Waals surface area (Å²) in [5, 5.41) is 7.14. The summed E-state index contributed by atoms with van der Waals surface area (Å²) in [6.45, 7) is 0.386. The molecule has 0 saturated heterocycles. The van der Waals surface area contributed by atoms with E-state index in [0.29, 0.717) is 6.54 Å². The van der Waals surface area contributed by atoms with Gasteiger partial charge in [0.1, 0.15) is 0 Å². The summed E-state index contributed by atoms with van der Waals surface area (Å²) in [7, 11) is 1.86. The highest BCUT2D eigenvalue weighted by Gasteiger charge is 2.19. The lowest BCUT2D eigenvalue weighted by atomic mass is 9.93. The zero-order valence-corrected chi connectivity index (χ0v) is 12.6. The monoisotopic (exact) mass is 297 g/mol. The Hall–Kier alpha value is -2.50. The van der Waals surface area contributed by atoms with Gasteiger partial charge < -0.3 is 5.32 Å². The molecule has 1 amide bonds. The van der Waals surface area contributed by atoms with Crippen molar-refractivity contribution in [2.45, 2.75) is 25.8 Å². The fourth-order valence-corrected chi connectivity index (χ4v) is 2.63. The van der Waals surface area contributed by atoms with Crippen LogP contribution in [0.4, 0.5) is 0 Å². The fourth-order valence-electron chi connectivity index (χ4n) is 2.63. The molecule has 6 nitrogen and oxygen atoms in total. The van der Waals surface area contributed by atoms with Crippen LogP contribution in [0.15, 0.2) is 36.9 Å². The van der Waals surface area contributed by atoms with Crippen LogP contribution in [-0.2, 0) is 18.4 Å². The number of aromatic nitrogens is 4. The second-order valence-corrected chi connectivity index (χ2v) is 5.45. The van der Waals surface area contributed by atoms with Gasteiger partial charge in [0.15, 0.2) is 0 Å². The molecule has 1 atom stereocenters. The topological polar surface area (TPSA) is 72.7 Å². The van der Waals surface area contributed by atoms with E-state index in [1.807, 2.05) is 13.2 Å². The van der Waals surface area contributed by atoms with Gasteiger partial charge in [-0.15, -0.1) is 0 Å². The Labute approximate surface area is 129 Å². The first kappa shape index (κ1) is 14.4. The molecular formula is C16H19N5O. The first-order valence-corrected chi connectivity index (χ1v) is 7.45. The molecule has 0 aromatic carbocycles. The van der Waals surface area contributed by atoms with Gasteiger partial charge in [0.2, 0.25) is 5.91 Å². The molecule has 0 bridgehead atoms. The molecule has 1 aliphatic carbocycles. The SMILES string of the molecule is Cn1cc(-c2nccnc2CNC(=O)[C@@H]2CC=CCC2)cn1. The molecule has 2 aromatic rings. The number of carbonyl (C=O) groups is 1. The molecule has 2 heterocycles. The van der Waals surface area contributed by atoms with E-state index in [1.165, 1.54) is 0 Å². The Kier molecular flexibility index (Phi) is 4.27. The molecule has 1 N–H and O–H groups in total. The molecule has 6 heteroatoms. The van der Waals surface area contributed by atoms with Gasteiger partial charge >= 0.3 is 0 Å². The minimum absolute atomic E-state index is 0.0727. The van der Waals surface area contributed by atoms with Gasteiger partial charge in [-0.05, 0) is 19.3 Å². The first-order valence-electron chi connectivity index (χ1n) is 7.45. The zero-order valence-electron chi connectivity index (χ0n) is 12.6. The summed E-state index contributed by atoms with van der Waals surface area (Å²) in [5.41, 5.74) is 2.43. The van der Waals surface area contributed by atoms with E-state index in [0.717, 1.165) is 36.2 Å². The molecule has 0 unspecified atom stereocenters. The lowest BCUT2D eigenvalue weighted by Crippen LogP contribution is -2.31. The van der Waals surface area contributed by atoms with Gasteiger partial charge in [0, 0.05) is 37.1 Å². The standard InChI is InChI=1S/C16H19N5O/c1-21-11-13(9-20-21)15-14(17-7-8-18-15)10-19-16(22)12-5-3-2-4-6-12/h2-3,7-9,11-12H,4-6,10H2,1H3,(H,19,22)/t12-/m1/s1. The lowest BCUT2D eigenvalue weighted by molar-refractivity contribution is -0.125. The van der Waals surface area contributed by atoms with E-state index in [-0.39, 0.29) is 11.8 Å². The summed E-state index contributed by atoms with van der Waals surface area (Å²) in [6, 6.07) is 0. The summed E-state index contributed by atoms with van der Waals surface area (Å²) in [6.07, 6.45) is 13.9. The van der Waals surface area contributed by atoms with Crippen molar-refractivity contribution >= 4 is 5.91 Å². The molecule has 2 aromatic heterocycles. The zero-order chi connectivity index (χ0) is 15.4. The van der Waals surface area contributed by atoms with Crippen molar-refractivity contribution in [1.82, 2.24) is 25.1 Å². The van der Waals surface area contributed by atoms with Gasteiger partial charge in [-0.1, -0.05) is 12.2 Å². The lowest BCUT2D eigenvalue weighted by Gasteiger charge is -2.17. The van der Waals surface area contributed by atoms with Gasteiger partial charge in [-0.2, -0.15) is 5.10 Å². The van der Waals surface area contributed by atoms with Crippen LogP contribution in [0.25, 0.3) is 11.3 Å². The van der Waals surface area contributed by atoms with Crippen molar-refractivity contribution in [2.24, 2.45) is 13.0 Å². The first-order chi connectivity index (χ1) is 10.7. The van der Waals surface area contributed by atoms with Crippen molar-refractivity contribution < 1.29 is 4.79 Å². The van der Waals surface area contributed by atoms with E-state index < -0.39 is 0 Å². The maximum atomic E-state index is 12.2. The maximum absolute atomic E-state index is 12.2. The molecule has 3 rings (SSSR count). The Morgan fingerprint density at radius 3 is 2.95 bits per heavy atom. The maximum Gasteiger partial charge on any atom is 0.223 e. The average Bonchev–Trinajstić information content (AvgIpc) is 3.00. The van der Waals surface area contributed by atoms with Crippen LogP contribution in [0, 0.1) is 5.92 Å². The van der Waals surface area contributed by atoms with Crippen molar-refractivity contribution in [3.8, 4) is 11.3 Å². The number of rotatable bonds is 4. The smallest absolute Gasteiger partial charge is 0.223 e. The summed E-state index contributed by atoms with van der Waals surface area (Å²) < 4.78 is 1.72. The predicted octanol–water partition coefficient (Wildman–Crippen LogP) is 1.85. The average molecular weight is 297 g/mol. The highest BCUT2D eigenvalue weighted by molar-refractivity contribution is 5.79. The molecule has 1 aliphatic rings. The molecule has 0 fully saturated rings. The largest absolute Gasteiger partial charge is 0.350 e. The molecule has 0 saturated carbocycles. The number of aryl methyl sites for hydroxylation is 1. The number of hydrogen-bond acceptors (Lipinski definition) is 4. The molecule has 0 radical (unpaired) electrons. The highest BCUT2D eigenvalue weighted by atomic mass is 16.1. The second kappa shape index (κ2) is 6.51. The van der Waals surface area contributed by atoms with Crippen LogP contribution in [0.5, 0.6) is 0 Å². The molecule has 114 valence electrons. The van der Waals surface area contributed by atoms with Crippen LogP contribution in [0.3, 0.4) is 0 Å². The quantitative estimate of drug-likeness (QED) is 0.874. The van der Waals surface area contributed by atoms with Crippen molar-refractivity contribution in [3.05, 3.63) is 42.6 Å². The highest BCUT2D eigenvalue weighted by Crippen LogP contribution is 2.20. The number of carbonyl (C=O) groups excluding carboxylic acids is 1. The third kappa shape index (κ3) is 3.21. The van der Waals surface area contributed by atoms with E-state index >= 15 is 0 Å². The number of nitrogens with one attached hydrogen (secondary N) is 1. The Bertz CT molecular complexity index is 691. The minimum Gasteiger partial charge on any atom is -0.350 e. The van der Waals surface area contributed by atoms with E-state index in [2.05, 4.69) is 32.5 Å². The summed E-state index contributed by atoms with van der Waals surface area (Å²) >= 11 is 0. The van der Waals surface area contributed by atoms with Crippen LogP contribution in [-0.4, -0.2) is 25.7 Å². The van der Waals surface area contributed by atoms with Crippen LogP contribution < -0.4 is 5.32 Å². The van der Waals surface area contributed by atoms with Crippen LogP contribution in [0.2, 0.25) is 0 Å². The number of nitrogens with zero attached hydrogens (tertiary/aromatic N) is 4. The van der Waals surface area contributed by atoms with Crippen LogP contribution >= 0.6 is 0 Å². The van der Waals surface area contributed by atoms with Crippen molar-refractivity contribution in [1.29, 1.82) is 0 Å². The summed E-state index contributed by atoms with van der Waals surface area (Å²) in [5.74, 6) is 0.163. The minimum atomic E-state index is 0.0727. The molecule has 0 spiro atoms. The number of hydrogen-bond donors (Lipinski definition) is 1. The number of amides is 1. The third-order valence-electron chi connectivity index (χ3n) is 3.82. The second-order valence-electron chi connectivity index (χ2n) is 5.45. The Morgan fingerprint density at radius 2 is 2.23 bits per heavy atom. The normalized spacial score (nSPS) is 17.4. The third-order valence-corrected chi connectivity index (χ3v) is 3.82. The van der Waals surface area contributed by atoms with E-state index in [4.69, 9.17) is 0 Å². The van der Waals surface area contributed by atoms with Gasteiger partial charge in [-0.3, -0.25) is 19.4 Å². The van der Waals surface area contributed by atoms with Crippen molar-refractivity contribution in [3.63, 3.8) is 0 Å². The number of allylic oxidation sites excluding steroid dienone is 2. The van der Waals surface area contributed by atoms with Crippen molar-refractivity contribution in [2.75, 3.05) is 0 Å². The fraction of sp³-hybridized carbons (Fsp3) is 0.375. The van der Waals surface area contributed by atoms with Gasteiger partial charge in [0.05, 0.1) is 24.1 Å². The Balaban J connectivity index is 1.70. The molecule has 0 aliphatic heterocycles.